The predicted molar refractivity (Wildman–Crippen MR) is 122 cm³/mol. The lowest BCUT2D eigenvalue weighted by Gasteiger charge is -2.15. The monoisotopic (exact) mass is 413 g/mol. The summed E-state index contributed by atoms with van der Waals surface area (Å²) >= 11 is 1.30. The minimum atomic E-state index is -0.427. The summed E-state index contributed by atoms with van der Waals surface area (Å²) in [5.41, 5.74) is 2.30. The van der Waals surface area contributed by atoms with Crippen LogP contribution in [0.25, 0.3) is 32.7 Å². The van der Waals surface area contributed by atoms with Gasteiger partial charge in [-0.3, -0.25) is 18.7 Å². The summed E-state index contributed by atoms with van der Waals surface area (Å²) in [6.45, 7) is 1.86. The molecule has 3 aromatic carbocycles. The number of aromatic nitrogens is 3. The molecule has 1 unspecified atom stereocenters. The molecule has 0 N–H and O–H groups in total. The van der Waals surface area contributed by atoms with Gasteiger partial charge in [-0.05, 0) is 31.2 Å². The van der Waals surface area contributed by atoms with Gasteiger partial charge in [0.2, 0.25) is 5.91 Å². The molecule has 0 aliphatic heterocycles. The number of nitrogens with zero attached hydrogens (tertiary/aromatic N) is 3. The molecule has 0 aliphatic carbocycles. The first-order valence-corrected chi connectivity index (χ1v) is 10.6. The molecule has 5 rings (SSSR count). The van der Waals surface area contributed by atoms with Crippen molar-refractivity contribution in [2.45, 2.75) is 17.3 Å². The summed E-state index contributed by atoms with van der Waals surface area (Å²) in [6.07, 6.45) is 0. The second kappa shape index (κ2) is 7.15. The van der Waals surface area contributed by atoms with Gasteiger partial charge in [-0.25, -0.2) is 4.98 Å². The molecule has 0 radical (unpaired) electrons. The molecule has 0 saturated carbocycles. The minimum absolute atomic E-state index is 0.0418. The summed E-state index contributed by atoms with van der Waals surface area (Å²) in [5, 5.41) is 2.78. The normalized spacial score (nSPS) is 12.6. The first kappa shape index (κ1) is 18.6. The van der Waals surface area contributed by atoms with Crippen molar-refractivity contribution in [3.05, 3.63) is 83.2 Å². The lowest BCUT2D eigenvalue weighted by atomic mass is 10.2. The summed E-state index contributed by atoms with van der Waals surface area (Å²) in [5.74, 6) is -0.0418. The number of benzene rings is 3. The molecule has 0 spiro atoms. The summed E-state index contributed by atoms with van der Waals surface area (Å²) < 4.78 is 3.30. The van der Waals surface area contributed by atoms with Gasteiger partial charge < -0.3 is 0 Å². The molecule has 0 aliphatic rings. The Hall–Kier alpha value is -3.38. The van der Waals surface area contributed by atoms with Crippen LogP contribution in [0, 0.1) is 0 Å². The van der Waals surface area contributed by atoms with Crippen molar-refractivity contribution >= 4 is 50.4 Å². The maximum atomic E-state index is 13.5. The number of hydrogen-bond donors (Lipinski definition) is 0. The van der Waals surface area contributed by atoms with Crippen molar-refractivity contribution < 1.29 is 4.79 Å². The molecule has 0 bridgehead atoms. The average molecular weight is 414 g/mol. The Balaban J connectivity index is 1.59. The fraction of sp³-hybridized carbons (Fsp3) is 0.125. The summed E-state index contributed by atoms with van der Waals surface area (Å²) in [6, 6.07) is 23.1. The Morgan fingerprint density at radius 2 is 1.40 bits per heavy atom. The van der Waals surface area contributed by atoms with Gasteiger partial charge in [-0.2, -0.15) is 0 Å². The van der Waals surface area contributed by atoms with Crippen LogP contribution in [0.15, 0.2) is 82.7 Å². The highest BCUT2D eigenvalue weighted by Gasteiger charge is 2.23. The molecule has 0 saturated heterocycles. The largest absolute Gasteiger partial charge is 0.290 e. The first-order chi connectivity index (χ1) is 14.6. The Bertz CT molecular complexity index is 1450. The smallest absolute Gasteiger partial charge is 0.261 e. The van der Waals surface area contributed by atoms with Gasteiger partial charge in [0.1, 0.15) is 0 Å². The molecular formula is C24H19N3O2S. The number of carbonyl (C=O) groups excluding carboxylic acids is 1. The number of carbonyl (C=O) groups is 1. The van der Waals surface area contributed by atoms with Gasteiger partial charge in [0.15, 0.2) is 5.16 Å². The van der Waals surface area contributed by atoms with Crippen LogP contribution in [-0.2, 0) is 7.05 Å². The van der Waals surface area contributed by atoms with E-state index in [4.69, 9.17) is 0 Å². The van der Waals surface area contributed by atoms with Crippen LogP contribution in [0.1, 0.15) is 11.7 Å². The van der Waals surface area contributed by atoms with Crippen LogP contribution in [0.4, 0.5) is 0 Å². The Kier molecular flexibility index (Phi) is 4.44. The first-order valence-electron chi connectivity index (χ1n) is 9.71. The van der Waals surface area contributed by atoms with Crippen LogP contribution in [0.5, 0.6) is 0 Å². The second-order valence-electron chi connectivity index (χ2n) is 7.24. The average Bonchev–Trinajstić information content (AvgIpc) is 3.11. The van der Waals surface area contributed by atoms with E-state index in [2.05, 4.69) is 4.98 Å². The maximum Gasteiger partial charge on any atom is 0.261 e. The topological polar surface area (TPSA) is 56.9 Å². The number of rotatable bonds is 3. The van der Waals surface area contributed by atoms with Gasteiger partial charge in [-0.15, -0.1) is 0 Å². The van der Waals surface area contributed by atoms with Gasteiger partial charge >= 0.3 is 0 Å². The van der Waals surface area contributed by atoms with E-state index in [-0.39, 0.29) is 11.5 Å². The molecule has 0 amide bonds. The van der Waals surface area contributed by atoms with E-state index in [1.165, 1.54) is 16.3 Å². The Morgan fingerprint density at radius 3 is 2.03 bits per heavy atom. The van der Waals surface area contributed by atoms with Gasteiger partial charge in [0.25, 0.3) is 5.56 Å². The van der Waals surface area contributed by atoms with E-state index in [1.54, 1.807) is 17.7 Å². The van der Waals surface area contributed by atoms with Crippen molar-refractivity contribution in [3.63, 3.8) is 0 Å². The standard InChI is InChI=1S/C24H19N3O2S/c1-15(30-24-25-19-12-6-3-11-18(19)23(29)26(24)2)22(28)27-20-13-7-4-9-16(20)17-10-5-8-14-21(17)27/h3-15H,1-2H3. The van der Waals surface area contributed by atoms with Crippen molar-refractivity contribution in [2.75, 3.05) is 0 Å². The van der Waals surface area contributed by atoms with E-state index in [9.17, 15) is 9.59 Å². The zero-order chi connectivity index (χ0) is 20.8. The van der Waals surface area contributed by atoms with E-state index < -0.39 is 5.25 Å². The molecule has 30 heavy (non-hydrogen) atoms. The van der Waals surface area contributed by atoms with Crippen LogP contribution < -0.4 is 5.56 Å². The molecule has 5 aromatic rings. The van der Waals surface area contributed by atoms with E-state index in [0.29, 0.717) is 16.1 Å². The van der Waals surface area contributed by atoms with Gasteiger partial charge in [0, 0.05) is 17.8 Å². The fourth-order valence-corrected chi connectivity index (χ4v) is 4.77. The third kappa shape index (κ3) is 2.83. The van der Waals surface area contributed by atoms with Crippen LogP contribution >= 0.6 is 11.8 Å². The second-order valence-corrected chi connectivity index (χ2v) is 8.55. The molecule has 148 valence electrons. The molecular weight excluding hydrogens is 394 g/mol. The van der Waals surface area contributed by atoms with Crippen LogP contribution in [-0.4, -0.2) is 25.3 Å². The zero-order valence-electron chi connectivity index (χ0n) is 16.6. The van der Waals surface area contributed by atoms with Gasteiger partial charge in [0.05, 0.1) is 27.2 Å². The maximum absolute atomic E-state index is 13.5. The highest BCUT2D eigenvalue weighted by Crippen LogP contribution is 2.31. The highest BCUT2D eigenvalue weighted by molar-refractivity contribution is 8.00. The minimum Gasteiger partial charge on any atom is -0.290 e. The van der Waals surface area contributed by atoms with E-state index in [0.717, 1.165) is 21.8 Å². The molecule has 5 nitrogen and oxygen atoms in total. The number of thioether (sulfide) groups is 1. The van der Waals surface area contributed by atoms with Crippen molar-refractivity contribution in [1.82, 2.24) is 14.1 Å². The molecule has 2 heterocycles. The highest BCUT2D eigenvalue weighted by atomic mass is 32.2. The van der Waals surface area contributed by atoms with Crippen LogP contribution in [0.2, 0.25) is 0 Å². The lowest BCUT2D eigenvalue weighted by molar-refractivity contribution is 0.0925. The number of para-hydroxylation sites is 3. The molecule has 6 heteroatoms. The molecule has 1 atom stereocenters. The van der Waals surface area contributed by atoms with Gasteiger partial charge in [-0.1, -0.05) is 60.3 Å². The quantitative estimate of drug-likeness (QED) is 0.313. The SMILES string of the molecule is CC(Sc1nc2ccccc2c(=O)n1C)C(=O)n1c2ccccc2c2ccccc21. The zero-order valence-corrected chi connectivity index (χ0v) is 17.4. The fourth-order valence-electron chi connectivity index (χ4n) is 3.85. The van der Waals surface area contributed by atoms with Crippen LogP contribution in [0.3, 0.4) is 0 Å². The Labute approximate surface area is 177 Å². The van der Waals surface area contributed by atoms with Crippen molar-refractivity contribution in [2.24, 2.45) is 7.05 Å². The Morgan fingerprint density at radius 1 is 0.867 bits per heavy atom. The third-order valence-corrected chi connectivity index (χ3v) is 6.50. The van der Waals surface area contributed by atoms with Crippen molar-refractivity contribution in [1.29, 1.82) is 0 Å². The molecule has 2 aromatic heterocycles. The van der Waals surface area contributed by atoms with E-state index in [1.807, 2.05) is 73.7 Å². The number of fused-ring (bicyclic) bond motifs is 4. The lowest BCUT2D eigenvalue weighted by Crippen LogP contribution is -2.25. The van der Waals surface area contributed by atoms with Crippen molar-refractivity contribution in [3.8, 4) is 0 Å². The van der Waals surface area contributed by atoms with E-state index >= 15 is 0 Å². The summed E-state index contributed by atoms with van der Waals surface area (Å²) in [4.78, 5) is 30.9. The third-order valence-electron chi connectivity index (χ3n) is 5.37. The molecule has 0 fully saturated rings. The summed E-state index contributed by atoms with van der Waals surface area (Å²) in [7, 11) is 1.70. The predicted octanol–water partition coefficient (Wildman–Crippen LogP) is 4.86. The number of hydrogen-bond acceptors (Lipinski definition) is 4.